The van der Waals surface area contributed by atoms with Crippen LogP contribution in [-0.2, 0) is 0 Å². The highest BCUT2D eigenvalue weighted by Crippen LogP contribution is 2.37. The molecular weight excluding hydrogens is 262 g/mol. The average Bonchev–Trinajstić information content (AvgIpc) is 2.95. The Hall–Kier alpha value is -1.00. The smallest absolute Gasteiger partial charge is 0.270 e. The summed E-state index contributed by atoms with van der Waals surface area (Å²) in [5.74, 6) is 0.120. The topological polar surface area (TPSA) is 37.3 Å². The molecule has 1 saturated heterocycles. The van der Waals surface area contributed by atoms with Crippen LogP contribution < -0.4 is 5.32 Å². The highest BCUT2D eigenvalue weighted by Gasteiger charge is 2.32. The monoisotopic (exact) mass is 281 g/mol. The van der Waals surface area contributed by atoms with Crippen molar-refractivity contribution < 1.29 is 4.79 Å². The van der Waals surface area contributed by atoms with Crippen LogP contribution in [0.4, 0.5) is 0 Å². The van der Waals surface area contributed by atoms with E-state index in [0.29, 0.717) is 17.1 Å². The molecule has 1 unspecified atom stereocenters. The lowest BCUT2D eigenvalue weighted by Gasteiger charge is -2.27. The zero-order valence-electron chi connectivity index (χ0n) is 11.2. The minimum absolute atomic E-state index is 0.120. The molecule has 0 bridgehead atoms. The second-order valence-corrected chi connectivity index (χ2v) is 5.86. The highest BCUT2D eigenvalue weighted by atomic mass is 35.5. The Balaban J connectivity index is 1.85. The van der Waals surface area contributed by atoms with Gasteiger partial charge in [0.15, 0.2) is 0 Å². The molecule has 1 N–H and O–H groups in total. The molecule has 1 aliphatic carbocycles. The summed E-state index contributed by atoms with van der Waals surface area (Å²) in [7, 11) is 0. The minimum Gasteiger partial charge on any atom is -0.339 e. The number of carbonyl (C=O) groups excluding carboxylic acids is 1. The number of halogens is 1. The molecule has 2 heterocycles. The van der Waals surface area contributed by atoms with E-state index < -0.39 is 0 Å². The fourth-order valence-corrected chi connectivity index (χ4v) is 3.10. The maximum atomic E-state index is 12.7. The lowest BCUT2D eigenvalue weighted by atomic mass is 10.2. The van der Waals surface area contributed by atoms with Gasteiger partial charge in [0.1, 0.15) is 5.69 Å². The maximum absolute atomic E-state index is 12.7. The van der Waals surface area contributed by atoms with Gasteiger partial charge < -0.3 is 14.8 Å². The number of nitrogens with zero attached hydrogens (tertiary/aromatic N) is 2. The third kappa shape index (κ3) is 2.51. The second-order valence-electron chi connectivity index (χ2n) is 5.42. The van der Waals surface area contributed by atoms with Crippen LogP contribution >= 0.6 is 11.6 Å². The molecule has 104 valence electrons. The number of rotatable bonds is 4. The number of carbonyl (C=O) groups is 1. The molecular formula is C14H20ClN3O. The average molecular weight is 282 g/mol. The zero-order valence-corrected chi connectivity index (χ0v) is 12.0. The lowest BCUT2D eigenvalue weighted by molar-refractivity contribution is 0.0692. The van der Waals surface area contributed by atoms with Crippen molar-refractivity contribution in [2.75, 3.05) is 19.6 Å². The van der Waals surface area contributed by atoms with Gasteiger partial charge in [-0.15, -0.1) is 0 Å². The number of likely N-dealkylation sites (N-methyl/N-ethyl adjacent to an activating group) is 1. The Labute approximate surface area is 118 Å². The summed E-state index contributed by atoms with van der Waals surface area (Å²) < 4.78 is 2.07. The van der Waals surface area contributed by atoms with Crippen LogP contribution in [0.2, 0.25) is 5.02 Å². The van der Waals surface area contributed by atoms with Gasteiger partial charge in [-0.1, -0.05) is 11.6 Å². The Bertz CT molecular complexity index is 475. The van der Waals surface area contributed by atoms with E-state index in [0.717, 1.165) is 44.6 Å². The van der Waals surface area contributed by atoms with E-state index >= 15 is 0 Å². The summed E-state index contributed by atoms with van der Waals surface area (Å²) in [6, 6.07) is 2.61. The summed E-state index contributed by atoms with van der Waals surface area (Å²) in [5, 5.41) is 3.98. The van der Waals surface area contributed by atoms with Gasteiger partial charge in [-0.3, -0.25) is 4.79 Å². The van der Waals surface area contributed by atoms with E-state index in [1.807, 2.05) is 24.1 Å². The van der Waals surface area contributed by atoms with Crippen molar-refractivity contribution in [2.24, 2.45) is 0 Å². The molecule has 1 aliphatic heterocycles. The van der Waals surface area contributed by atoms with Gasteiger partial charge in [0.2, 0.25) is 0 Å². The first-order chi connectivity index (χ1) is 9.20. The first-order valence-electron chi connectivity index (χ1n) is 7.09. The third-order valence-corrected chi connectivity index (χ3v) is 4.26. The van der Waals surface area contributed by atoms with Gasteiger partial charge >= 0.3 is 0 Å². The fourth-order valence-electron chi connectivity index (χ4n) is 2.89. The van der Waals surface area contributed by atoms with E-state index in [9.17, 15) is 4.79 Å². The SMILES string of the molecule is CCN(C(=O)c1cc(Cl)cn1C1CC1)C1CCNC1. The summed E-state index contributed by atoms with van der Waals surface area (Å²) in [4.78, 5) is 14.7. The maximum Gasteiger partial charge on any atom is 0.270 e. The van der Waals surface area contributed by atoms with E-state index in [4.69, 9.17) is 11.6 Å². The van der Waals surface area contributed by atoms with Crippen molar-refractivity contribution in [3.63, 3.8) is 0 Å². The molecule has 1 aromatic rings. The highest BCUT2D eigenvalue weighted by molar-refractivity contribution is 6.31. The number of aromatic nitrogens is 1. The van der Waals surface area contributed by atoms with Crippen molar-refractivity contribution in [1.29, 1.82) is 0 Å². The number of hydrogen-bond acceptors (Lipinski definition) is 2. The van der Waals surface area contributed by atoms with Crippen LogP contribution in [0.1, 0.15) is 42.7 Å². The second kappa shape index (κ2) is 5.17. The van der Waals surface area contributed by atoms with Gasteiger partial charge in [0, 0.05) is 31.4 Å². The molecule has 1 atom stereocenters. The molecule has 4 nitrogen and oxygen atoms in total. The summed E-state index contributed by atoms with van der Waals surface area (Å²) >= 11 is 6.09. The molecule has 0 radical (unpaired) electrons. The van der Waals surface area contributed by atoms with Crippen molar-refractivity contribution in [3.8, 4) is 0 Å². The van der Waals surface area contributed by atoms with Crippen molar-refractivity contribution in [2.45, 2.75) is 38.3 Å². The van der Waals surface area contributed by atoms with Crippen LogP contribution in [0.25, 0.3) is 0 Å². The predicted octanol–water partition coefficient (Wildman–Crippen LogP) is 2.30. The molecule has 1 amide bonds. The van der Waals surface area contributed by atoms with E-state index in [-0.39, 0.29) is 5.91 Å². The predicted molar refractivity (Wildman–Crippen MR) is 75.7 cm³/mol. The molecule has 1 aromatic heterocycles. The number of amides is 1. The molecule has 3 rings (SSSR count). The van der Waals surface area contributed by atoms with Crippen LogP contribution in [0.15, 0.2) is 12.3 Å². The van der Waals surface area contributed by atoms with Gasteiger partial charge in [0.05, 0.1) is 5.02 Å². The van der Waals surface area contributed by atoms with E-state index in [2.05, 4.69) is 9.88 Å². The van der Waals surface area contributed by atoms with Gasteiger partial charge in [-0.2, -0.15) is 0 Å². The van der Waals surface area contributed by atoms with Crippen LogP contribution in [0, 0.1) is 0 Å². The zero-order chi connectivity index (χ0) is 13.4. The first kappa shape index (κ1) is 13.0. The minimum atomic E-state index is 0.120. The molecule has 0 spiro atoms. The van der Waals surface area contributed by atoms with Gasteiger partial charge in [-0.25, -0.2) is 0 Å². The quantitative estimate of drug-likeness (QED) is 0.919. The number of nitrogens with one attached hydrogen (secondary N) is 1. The summed E-state index contributed by atoms with van der Waals surface area (Å²) in [6.45, 7) is 4.69. The summed E-state index contributed by atoms with van der Waals surface area (Å²) in [6.07, 6.45) is 5.25. The van der Waals surface area contributed by atoms with Crippen LogP contribution in [0.5, 0.6) is 0 Å². The first-order valence-corrected chi connectivity index (χ1v) is 7.47. The van der Waals surface area contributed by atoms with Gasteiger partial charge in [0.25, 0.3) is 5.91 Å². The molecule has 2 fully saturated rings. The Morgan fingerprint density at radius 2 is 2.32 bits per heavy atom. The van der Waals surface area contributed by atoms with Crippen molar-refractivity contribution >= 4 is 17.5 Å². The Morgan fingerprint density at radius 1 is 1.53 bits per heavy atom. The van der Waals surface area contributed by atoms with Crippen molar-refractivity contribution in [3.05, 3.63) is 23.0 Å². The molecule has 2 aliphatic rings. The van der Waals surface area contributed by atoms with Gasteiger partial charge in [-0.05, 0) is 38.8 Å². The molecule has 1 saturated carbocycles. The van der Waals surface area contributed by atoms with Crippen LogP contribution in [0.3, 0.4) is 0 Å². The molecule has 19 heavy (non-hydrogen) atoms. The summed E-state index contributed by atoms with van der Waals surface area (Å²) in [5.41, 5.74) is 0.751. The molecule has 0 aromatic carbocycles. The largest absolute Gasteiger partial charge is 0.339 e. The standard InChI is InChI=1S/C14H20ClN3O/c1-2-17(12-5-6-16-8-12)14(19)13-7-10(15)9-18(13)11-3-4-11/h7,9,11-12,16H,2-6,8H2,1H3. The van der Waals surface area contributed by atoms with Crippen molar-refractivity contribution in [1.82, 2.24) is 14.8 Å². The Kier molecular flexibility index (Phi) is 3.54. The number of hydrogen-bond donors (Lipinski definition) is 1. The Morgan fingerprint density at radius 3 is 2.89 bits per heavy atom. The third-order valence-electron chi connectivity index (χ3n) is 4.05. The van der Waals surface area contributed by atoms with E-state index in [1.165, 1.54) is 0 Å². The molecule has 5 heteroatoms. The van der Waals surface area contributed by atoms with E-state index in [1.54, 1.807) is 0 Å². The fraction of sp³-hybridized carbons (Fsp3) is 0.643. The normalized spacial score (nSPS) is 22.7. The van der Waals surface area contributed by atoms with Crippen LogP contribution in [-0.4, -0.2) is 41.1 Å². The lowest BCUT2D eigenvalue weighted by Crippen LogP contribution is -2.42.